The van der Waals surface area contributed by atoms with E-state index in [-0.39, 0.29) is 12.3 Å². The van der Waals surface area contributed by atoms with Crippen LogP contribution >= 0.6 is 11.3 Å². The summed E-state index contributed by atoms with van der Waals surface area (Å²) in [5.41, 5.74) is 3.10. The number of hydrogen-bond acceptors (Lipinski definition) is 4. The zero-order valence-corrected chi connectivity index (χ0v) is 12.0. The van der Waals surface area contributed by atoms with Gasteiger partial charge in [0, 0.05) is 17.1 Å². The summed E-state index contributed by atoms with van der Waals surface area (Å²) in [6.07, 6.45) is 1.95. The Balaban J connectivity index is 2.16. The normalized spacial score (nSPS) is 10.3. The second-order valence-electron chi connectivity index (χ2n) is 4.32. The first-order valence-electron chi connectivity index (χ1n) is 5.93. The first-order valence-corrected chi connectivity index (χ1v) is 6.81. The van der Waals surface area contributed by atoms with E-state index in [1.54, 1.807) is 13.3 Å². The van der Waals surface area contributed by atoms with Crippen molar-refractivity contribution in [1.82, 2.24) is 4.98 Å². The van der Waals surface area contributed by atoms with Crippen molar-refractivity contribution in [1.29, 1.82) is 0 Å². The topological polar surface area (TPSA) is 51.2 Å². The number of aryl methyl sites for hydroxylation is 2. The lowest BCUT2D eigenvalue weighted by Crippen LogP contribution is -2.15. The van der Waals surface area contributed by atoms with Gasteiger partial charge in [-0.25, -0.2) is 4.98 Å². The number of ether oxygens (including phenoxy) is 1. The van der Waals surface area contributed by atoms with Gasteiger partial charge in [0.15, 0.2) is 5.13 Å². The second kappa shape index (κ2) is 5.84. The fourth-order valence-corrected chi connectivity index (χ4v) is 2.52. The van der Waals surface area contributed by atoms with E-state index in [1.807, 2.05) is 25.3 Å². The molecule has 0 aliphatic rings. The fraction of sp³-hybridized carbons (Fsp3) is 0.286. The Morgan fingerprint density at radius 2 is 2.21 bits per heavy atom. The summed E-state index contributed by atoms with van der Waals surface area (Å²) in [4.78, 5) is 16.0. The van der Waals surface area contributed by atoms with Gasteiger partial charge < -0.3 is 10.1 Å². The summed E-state index contributed by atoms with van der Waals surface area (Å²) in [7, 11) is 1.62. The monoisotopic (exact) mass is 276 g/mol. The molecule has 0 radical (unpaired) electrons. The second-order valence-corrected chi connectivity index (χ2v) is 5.22. The van der Waals surface area contributed by atoms with Gasteiger partial charge in [-0.2, -0.15) is 0 Å². The van der Waals surface area contributed by atoms with Gasteiger partial charge in [-0.05, 0) is 31.0 Å². The molecule has 5 heteroatoms. The SMILES string of the molecule is COc1cc(C)cc(C)c1CC(=O)Nc1nccs1. The molecule has 0 spiro atoms. The zero-order chi connectivity index (χ0) is 13.8. The van der Waals surface area contributed by atoms with Crippen LogP contribution in [-0.4, -0.2) is 18.0 Å². The highest BCUT2D eigenvalue weighted by Gasteiger charge is 2.13. The molecule has 4 nitrogen and oxygen atoms in total. The average Bonchev–Trinajstić information content (AvgIpc) is 2.85. The van der Waals surface area contributed by atoms with Gasteiger partial charge in [-0.3, -0.25) is 4.79 Å². The number of aromatic nitrogens is 1. The molecule has 2 rings (SSSR count). The lowest BCUT2D eigenvalue weighted by Gasteiger charge is -2.12. The standard InChI is InChI=1S/C14H16N2O2S/c1-9-6-10(2)11(12(7-9)18-3)8-13(17)16-14-15-4-5-19-14/h4-7H,8H2,1-3H3,(H,15,16,17). The molecule has 0 unspecified atom stereocenters. The van der Waals surface area contributed by atoms with Crippen LogP contribution in [0.4, 0.5) is 5.13 Å². The number of carbonyl (C=O) groups is 1. The Labute approximate surface area is 116 Å². The van der Waals surface area contributed by atoms with Crippen LogP contribution < -0.4 is 10.1 Å². The Hall–Kier alpha value is -1.88. The number of rotatable bonds is 4. The molecule has 1 heterocycles. The minimum Gasteiger partial charge on any atom is -0.496 e. The summed E-state index contributed by atoms with van der Waals surface area (Å²) in [5.74, 6) is 0.673. The quantitative estimate of drug-likeness (QED) is 0.934. The van der Waals surface area contributed by atoms with Crippen molar-refractivity contribution in [3.63, 3.8) is 0 Å². The number of carbonyl (C=O) groups excluding carboxylic acids is 1. The smallest absolute Gasteiger partial charge is 0.230 e. The van der Waals surface area contributed by atoms with Crippen molar-refractivity contribution in [2.24, 2.45) is 0 Å². The summed E-state index contributed by atoms with van der Waals surface area (Å²) < 4.78 is 5.35. The molecule has 0 aliphatic heterocycles. The van der Waals surface area contributed by atoms with Gasteiger partial charge in [0.2, 0.25) is 5.91 Å². The first-order chi connectivity index (χ1) is 9.10. The van der Waals surface area contributed by atoms with Crippen molar-refractivity contribution < 1.29 is 9.53 Å². The van der Waals surface area contributed by atoms with Gasteiger partial charge in [-0.1, -0.05) is 6.07 Å². The molecular weight excluding hydrogens is 260 g/mol. The molecule has 100 valence electrons. The highest BCUT2D eigenvalue weighted by atomic mass is 32.1. The maximum Gasteiger partial charge on any atom is 0.230 e. The third-order valence-electron chi connectivity index (χ3n) is 2.81. The number of thiazole rings is 1. The van der Waals surface area contributed by atoms with Gasteiger partial charge in [0.1, 0.15) is 5.75 Å². The third-order valence-corrected chi connectivity index (χ3v) is 3.50. The lowest BCUT2D eigenvalue weighted by atomic mass is 10.0. The molecule has 0 saturated heterocycles. The van der Waals surface area contributed by atoms with Gasteiger partial charge in [0.25, 0.3) is 0 Å². The number of methoxy groups -OCH3 is 1. The average molecular weight is 276 g/mol. The third kappa shape index (κ3) is 3.32. The molecule has 1 N–H and O–H groups in total. The van der Waals surface area contributed by atoms with Gasteiger partial charge in [0.05, 0.1) is 13.5 Å². The van der Waals surface area contributed by atoms with Crippen molar-refractivity contribution in [3.8, 4) is 5.75 Å². The molecule has 0 aliphatic carbocycles. The Morgan fingerprint density at radius 3 is 2.84 bits per heavy atom. The molecular formula is C14H16N2O2S. The molecule has 2 aromatic rings. The number of amides is 1. The molecule has 0 saturated carbocycles. The highest BCUT2D eigenvalue weighted by molar-refractivity contribution is 7.13. The van der Waals surface area contributed by atoms with Gasteiger partial charge in [-0.15, -0.1) is 11.3 Å². The van der Waals surface area contributed by atoms with Crippen LogP contribution in [0.3, 0.4) is 0 Å². The number of nitrogens with one attached hydrogen (secondary N) is 1. The number of hydrogen-bond donors (Lipinski definition) is 1. The van der Waals surface area contributed by atoms with Crippen LogP contribution in [0.5, 0.6) is 5.75 Å². The maximum absolute atomic E-state index is 12.0. The number of nitrogens with zero attached hydrogens (tertiary/aromatic N) is 1. The maximum atomic E-state index is 12.0. The summed E-state index contributed by atoms with van der Waals surface area (Å²) in [5, 5.41) is 5.22. The fourth-order valence-electron chi connectivity index (χ4n) is 1.98. The molecule has 1 aromatic carbocycles. The minimum absolute atomic E-state index is 0.0831. The van der Waals surface area contributed by atoms with Crippen LogP contribution in [-0.2, 0) is 11.2 Å². The molecule has 0 bridgehead atoms. The van der Waals surface area contributed by atoms with Gasteiger partial charge >= 0.3 is 0 Å². The zero-order valence-electron chi connectivity index (χ0n) is 11.2. The lowest BCUT2D eigenvalue weighted by molar-refractivity contribution is -0.115. The molecule has 1 amide bonds. The van der Waals surface area contributed by atoms with Crippen LogP contribution in [0.25, 0.3) is 0 Å². The van der Waals surface area contributed by atoms with Crippen LogP contribution in [0.1, 0.15) is 16.7 Å². The Morgan fingerprint density at radius 1 is 1.42 bits per heavy atom. The predicted molar refractivity (Wildman–Crippen MR) is 76.9 cm³/mol. The highest BCUT2D eigenvalue weighted by Crippen LogP contribution is 2.25. The van der Waals surface area contributed by atoms with E-state index in [0.717, 1.165) is 22.4 Å². The van der Waals surface area contributed by atoms with E-state index < -0.39 is 0 Å². The molecule has 1 aromatic heterocycles. The van der Waals surface area contributed by atoms with E-state index in [2.05, 4.69) is 16.4 Å². The van der Waals surface area contributed by atoms with E-state index >= 15 is 0 Å². The molecule has 0 fully saturated rings. The number of benzene rings is 1. The Kier molecular flexibility index (Phi) is 4.16. The predicted octanol–water partition coefficient (Wildman–Crippen LogP) is 2.95. The molecule has 0 atom stereocenters. The van der Waals surface area contributed by atoms with Crippen LogP contribution in [0, 0.1) is 13.8 Å². The first kappa shape index (κ1) is 13.5. The Bertz CT molecular complexity index is 579. The minimum atomic E-state index is -0.0831. The number of anilines is 1. The van der Waals surface area contributed by atoms with Crippen LogP contribution in [0.15, 0.2) is 23.7 Å². The summed E-state index contributed by atoms with van der Waals surface area (Å²) in [6, 6.07) is 3.99. The van der Waals surface area contributed by atoms with E-state index in [9.17, 15) is 4.79 Å². The van der Waals surface area contributed by atoms with E-state index in [4.69, 9.17) is 4.74 Å². The summed E-state index contributed by atoms with van der Waals surface area (Å²) >= 11 is 1.40. The van der Waals surface area contributed by atoms with Crippen molar-refractivity contribution >= 4 is 22.4 Å². The van der Waals surface area contributed by atoms with Crippen molar-refractivity contribution in [3.05, 3.63) is 40.4 Å². The summed E-state index contributed by atoms with van der Waals surface area (Å²) in [6.45, 7) is 4.00. The largest absolute Gasteiger partial charge is 0.496 e. The van der Waals surface area contributed by atoms with E-state index in [1.165, 1.54) is 11.3 Å². The van der Waals surface area contributed by atoms with E-state index in [0.29, 0.717) is 5.13 Å². The van der Waals surface area contributed by atoms with Crippen LogP contribution in [0.2, 0.25) is 0 Å². The molecule has 19 heavy (non-hydrogen) atoms. The van der Waals surface area contributed by atoms with Crippen molar-refractivity contribution in [2.75, 3.05) is 12.4 Å². The van der Waals surface area contributed by atoms with Crippen molar-refractivity contribution in [2.45, 2.75) is 20.3 Å².